The third-order valence-electron chi connectivity index (χ3n) is 5.54. The van der Waals surface area contributed by atoms with Gasteiger partial charge in [-0.1, -0.05) is 36.8 Å². The highest BCUT2D eigenvalue weighted by Gasteiger charge is 2.24. The maximum absolute atomic E-state index is 12.1. The fourth-order valence-electron chi connectivity index (χ4n) is 4.06. The number of aliphatic hydroxyl groups excluding tert-OH is 1. The summed E-state index contributed by atoms with van der Waals surface area (Å²) in [6.45, 7) is 3.42. The molecule has 1 aromatic rings. The minimum atomic E-state index is -0.177. The van der Waals surface area contributed by atoms with Crippen molar-refractivity contribution >= 4 is 6.03 Å². The number of nitrogens with zero attached hydrogens (tertiary/aromatic N) is 1. The molecule has 2 fully saturated rings. The number of likely N-dealkylation sites (tertiary alicyclic amines) is 1. The van der Waals surface area contributed by atoms with Crippen LogP contribution in [0.1, 0.15) is 44.1 Å². The molecule has 1 heterocycles. The Balaban J connectivity index is 1.41. The molecular formula is C20H31N3O2. The van der Waals surface area contributed by atoms with Gasteiger partial charge in [-0.3, -0.25) is 4.90 Å². The number of benzene rings is 1. The average molecular weight is 345 g/mol. The zero-order valence-corrected chi connectivity index (χ0v) is 15.0. The van der Waals surface area contributed by atoms with E-state index in [-0.39, 0.29) is 12.1 Å². The number of amides is 2. The zero-order chi connectivity index (χ0) is 17.5. The number of hydrogen-bond acceptors (Lipinski definition) is 3. The van der Waals surface area contributed by atoms with E-state index in [0.29, 0.717) is 25.0 Å². The first kappa shape index (κ1) is 18.2. The van der Waals surface area contributed by atoms with Crippen LogP contribution in [0, 0.1) is 5.92 Å². The Labute approximate surface area is 150 Å². The number of nitrogens with one attached hydrogen (secondary N) is 2. The minimum absolute atomic E-state index is 0.0772. The van der Waals surface area contributed by atoms with E-state index in [4.69, 9.17) is 0 Å². The van der Waals surface area contributed by atoms with Gasteiger partial charge in [-0.25, -0.2) is 4.79 Å². The molecule has 2 aliphatic rings. The van der Waals surface area contributed by atoms with Crippen molar-refractivity contribution in [1.29, 1.82) is 0 Å². The summed E-state index contributed by atoms with van der Waals surface area (Å²) >= 11 is 0. The lowest BCUT2D eigenvalue weighted by molar-refractivity contribution is 0.138. The normalized spacial score (nSPS) is 27.2. The van der Waals surface area contributed by atoms with Crippen molar-refractivity contribution in [2.75, 3.05) is 19.6 Å². The average Bonchev–Trinajstić information content (AvgIpc) is 3.05. The lowest BCUT2D eigenvalue weighted by Gasteiger charge is -2.36. The molecule has 1 aliphatic heterocycles. The molecule has 3 N–H and O–H groups in total. The molecule has 0 bridgehead atoms. The Morgan fingerprint density at radius 2 is 1.88 bits per heavy atom. The summed E-state index contributed by atoms with van der Waals surface area (Å²) in [4.78, 5) is 14.6. The van der Waals surface area contributed by atoms with Gasteiger partial charge in [-0.05, 0) is 50.1 Å². The third kappa shape index (κ3) is 5.72. The molecule has 3 rings (SSSR count). The summed E-state index contributed by atoms with van der Waals surface area (Å²) in [6, 6.07) is 10.9. The van der Waals surface area contributed by atoms with Crippen LogP contribution < -0.4 is 10.6 Å². The lowest BCUT2D eigenvalue weighted by atomic mass is 10.0. The van der Waals surface area contributed by atoms with Gasteiger partial charge in [0.25, 0.3) is 0 Å². The molecule has 1 saturated heterocycles. The Morgan fingerprint density at radius 1 is 1.08 bits per heavy atom. The monoisotopic (exact) mass is 345 g/mol. The van der Waals surface area contributed by atoms with Crippen molar-refractivity contribution in [3.8, 4) is 0 Å². The highest BCUT2D eigenvalue weighted by molar-refractivity contribution is 5.73. The topological polar surface area (TPSA) is 64.6 Å². The van der Waals surface area contributed by atoms with Gasteiger partial charge >= 0.3 is 6.03 Å². The van der Waals surface area contributed by atoms with E-state index in [9.17, 15) is 9.90 Å². The van der Waals surface area contributed by atoms with Gasteiger partial charge in [-0.15, -0.1) is 0 Å². The molecule has 5 nitrogen and oxygen atoms in total. The van der Waals surface area contributed by atoms with Crippen LogP contribution in [0.5, 0.6) is 0 Å². The second kappa shape index (κ2) is 9.20. The minimum Gasteiger partial charge on any atom is -0.393 e. The van der Waals surface area contributed by atoms with Crippen LogP contribution in [0.2, 0.25) is 0 Å². The smallest absolute Gasteiger partial charge is 0.314 e. The molecule has 0 spiro atoms. The van der Waals surface area contributed by atoms with Crippen LogP contribution in [0.15, 0.2) is 30.3 Å². The second-order valence-electron chi connectivity index (χ2n) is 7.53. The predicted octanol–water partition coefficient (Wildman–Crippen LogP) is 2.50. The fraction of sp³-hybridized carbons (Fsp3) is 0.650. The molecule has 25 heavy (non-hydrogen) atoms. The van der Waals surface area contributed by atoms with Crippen LogP contribution in [-0.2, 0) is 6.54 Å². The molecule has 1 aromatic carbocycles. The Bertz CT molecular complexity index is 537. The first-order valence-corrected chi connectivity index (χ1v) is 9.68. The van der Waals surface area contributed by atoms with Crippen molar-refractivity contribution in [2.24, 2.45) is 5.92 Å². The van der Waals surface area contributed by atoms with Gasteiger partial charge in [0.05, 0.1) is 6.10 Å². The molecule has 138 valence electrons. The van der Waals surface area contributed by atoms with E-state index in [1.807, 2.05) is 6.07 Å². The predicted molar refractivity (Wildman–Crippen MR) is 99.2 cm³/mol. The molecule has 2 amide bonds. The van der Waals surface area contributed by atoms with Crippen molar-refractivity contribution in [1.82, 2.24) is 15.5 Å². The van der Waals surface area contributed by atoms with Gasteiger partial charge in [0.2, 0.25) is 0 Å². The largest absolute Gasteiger partial charge is 0.393 e. The van der Waals surface area contributed by atoms with Gasteiger partial charge in [0.15, 0.2) is 0 Å². The number of aliphatic hydroxyl groups is 1. The zero-order valence-electron chi connectivity index (χ0n) is 15.0. The highest BCUT2D eigenvalue weighted by Crippen LogP contribution is 2.24. The highest BCUT2D eigenvalue weighted by atomic mass is 16.3. The van der Waals surface area contributed by atoms with E-state index < -0.39 is 0 Å². The number of piperidine rings is 1. The number of rotatable bonds is 6. The number of hydrogen-bond donors (Lipinski definition) is 3. The number of urea groups is 1. The van der Waals surface area contributed by atoms with Crippen LogP contribution in [0.4, 0.5) is 4.79 Å². The van der Waals surface area contributed by atoms with E-state index in [1.54, 1.807) is 0 Å². The van der Waals surface area contributed by atoms with Crippen molar-refractivity contribution in [3.05, 3.63) is 35.9 Å². The number of carbonyl (C=O) groups is 1. The summed E-state index contributed by atoms with van der Waals surface area (Å²) in [5.74, 6) is 0.421. The van der Waals surface area contributed by atoms with Crippen LogP contribution >= 0.6 is 0 Å². The third-order valence-corrected chi connectivity index (χ3v) is 5.54. The summed E-state index contributed by atoms with van der Waals surface area (Å²) in [6.07, 6.45) is 6.12. The Morgan fingerprint density at radius 3 is 2.64 bits per heavy atom. The molecule has 5 heteroatoms. The Kier molecular flexibility index (Phi) is 6.70. The van der Waals surface area contributed by atoms with Crippen molar-refractivity contribution in [3.63, 3.8) is 0 Å². The Hall–Kier alpha value is -1.59. The van der Waals surface area contributed by atoms with Gasteiger partial charge < -0.3 is 15.7 Å². The SMILES string of the molecule is O=C(NC[C@@H]1CC[C@@H](O)C1)NC[C@H]1CCCCN1Cc1ccccc1. The molecule has 0 unspecified atom stereocenters. The van der Waals surface area contributed by atoms with E-state index in [1.165, 1.54) is 18.4 Å². The molecule has 0 aromatic heterocycles. The summed E-state index contributed by atoms with van der Waals surface area (Å²) in [5.41, 5.74) is 1.33. The lowest BCUT2D eigenvalue weighted by Crippen LogP contribution is -2.48. The fourth-order valence-corrected chi connectivity index (χ4v) is 4.06. The van der Waals surface area contributed by atoms with E-state index in [2.05, 4.69) is 39.8 Å². The van der Waals surface area contributed by atoms with E-state index in [0.717, 1.165) is 38.8 Å². The second-order valence-corrected chi connectivity index (χ2v) is 7.53. The van der Waals surface area contributed by atoms with Crippen molar-refractivity contribution < 1.29 is 9.90 Å². The van der Waals surface area contributed by atoms with Crippen LogP contribution in [0.25, 0.3) is 0 Å². The molecule has 3 atom stereocenters. The molecule has 1 aliphatic carbocycles. The first-order valence-electron chi connectivity index (χ1n) is 9.68. The molecule has 0 radical (unpaired) electrons. The standard InChI is InChI=1S/C20H31N3O2/c24-19-10-9-17(12-19)13-21-20(25)22-14-18-8-4-5-11-23(18)15-16-6-2-1-3-7-16/h1-3,6-7,17-19,24H,4-5,8-15H2,(H2,21,22,25)/t17-,18-,19-/m1/s1. The van der Waals surface area contributed by atoms with Crippen LogP contribution in [0.3, 0.4) is 0 Å². The maximum atomic E-state index is 12.1. The summed E-state index contributed by atoms with van der Waals surface area (Å²) < 4.78 is 0. The van der Waals surface area contributed by atoms with E-state index >= 15 is 0 Å². The quantitative estimate of drug-likeness (QED) is 0.742. The molecule has 1 saturated carbocycles. The number of carbonyl (C=O) groups excluding carboxylic acids is 1. The van der Waals surface area contributed by atoms with Gasteiger partial charge in [0.1, 0.15) is 0 Å². The first-order chi connectivity index (χ1) is 12.2. The van der Waals surface area contributed by atoms with Gasteiger partial charge in [0, 0.05) is 25.7 Å². The maximum Gasteiger partial charge on any atom is 0.314 e. The summed E-state index contributed by atoms with van der Waals surface area (Å²) in [7, 11) is 0. The summed E-state index contributed by atoms with van der Waals surface area (Å²) in [5, 5.41) is 15.6. The van der Waals surface area contributed by atoms with Gasteiger partial charge in [-0.2, -0.15) is 0 Å². The van der Waals surface area contributed by atoms with Crippen LogP contribution in [-0.4, -0.2) is 47.8 Å². The molecular weight excluding hydrogens is 314 g/mol. The van der Waals surface area contributed by atoms with Crippen molar-refractivity contribution in [2.45, 2.75) is 57.2 Å².